The number of methoxy groups -OCH3 is 1. The molecule has 1 atom stereocenters. The summed E-state index contributed by atoms with van der Waals surface area (Å²) < 4.78 is 4.69. The van der Waals surface area contributed by atoms with Crippen molar-refractivity contribution in [2.24, 2.45) is 0 Å². The van der Waals surface area contributed by atoms with E-state index in [-0.39, 0.29) is 11.9 Å². The normalized spacial score (nSPS) is 17.9. The van der Waals surface area contributed by atoms with E-state index in [2.05, 4.69) is 15.0 Å². The van der Waals surface area contributed by atoms with Gasteiger partial charge in [0.15, 0.2) is 0 Å². The third-order valence-corrected chi connectivity index (χ3v) is 3.25. The Hall–Kier alpha value is -2.31. The van der Waals surface area contributed by atoms with Crippen LogP contribution in [-0.4, -0.2) is 43.1 Å². The molecule has 1 aliphatic heterocycles. The summed E-state index contributed by atoms with van der Waals surface area (Å²) >= 11 is 0. The second-order valence-electron chi connectivity index (χ2n) is 4.75. The lowest BCUT2D eigenvalue weighted by molar-refractivity contribution is -0.119. The molecule has 1 saturated heterocycles. The smallest absolute Gasteiger partial charge is 0.340 e. The van der Waals surface area contributed by atoms with Crippen LogP contribution in [0, 0.1) is 0 Å². The van der Waals surface area contributed by atoms with Crippen molar-refractivity contribution in [1.82, 2.24) is 10.3 Å². The first-order chi connectivity index (χ1) is 9.51. The highest BCUT2D eigenvalue weighted by atomic mass is 16.5. The molecule has 7 nitrogen and oxygen atoms in total. The lowest BCUT2D eigenvalue weighted by atomic mass is 10.2. The van der Waals surface area contributed by atoms with E-state index in [1.54, 1.807) is 6.07 Å². The molecule has 20 heavy (non-hydrogen) atoms. The third kappa shape index (κ3) is 2.98. The molecule has 1 aliphatic rings. The van der Waals surface area contributed by atoms with Crippen molar-refractivity contribution in [3.8, 4) is 0 Å². The van der Waals surface area contributed by atoms with Crippen molar-refractivity contribution < 1.29 is 14.3 Å². The molecule has 0 aromatic carbocycles. The van der Waals surface area contributed by atoms with Crippen molar-refractivity contribution in [1.29, 1.82) is 0 Å². The second-order valence-corrected chi connectivity index (χ2v) is 4.75. The summed E-state index contributed by atoms with van der Waals surface area (Å²) in [7, 11) is 1.31. The van der Waals surface area contributed by atoms with Crippen molar-refractivity contribution in [3.05, 3.63) is 17.8 Å². The van der Waals surface area contributed by atoms with E-state index in [0.29, 0.717) is 23.6 Å². The Morgan fingerprint density at radius 1 is 1.55 bits per heavy atom. The first-order valence-electron chi connectivity index (χ1n) is 6.37. The van der Waals surface area contributed by atoms with Crippen LogP contribution in [0.1, 0.15) is 23.7 Å². The van der Waals surface area contributed by atoms with Crippen LogP contribution < -0.4 is 16.0 Å². The van der Waals surface area contributed by atoms with Gasteiger partial charge in [-0.2, -0.15) is 0 Å². The van der Waals surface area contributed by atoms with E-state index in [9.17, 15) is 9.59 Å². The Morgan fingerprint density at radius 2 is 2.30 bits per heavy atom. The molecule has 2 heterocycles. The average Bonchev–Trinajstić information content (AvgIpc) is 2.86. The number of aromatic nitrogens is 1. The molecule has 1 fully saturated rings. The van der Waals surface area contributed by atoms with Crippen LogP contribution in [0.2, 0.25) is 0 Å². The van der Waals surface area contributed by atoms with Gasteiger partial charge in [-0.25, -0.2) is 9.78 Å². The number of carbonyl (C=O) groups excluding carboxylic acids is 2. The summed E-state index contributed by atoms with van der Waals surface area (Å²) in [5.74, 6) is 0.133. The van der Waals surface area contributed by atoms with Crippen molar-refractivity contribution in [2.45, 2.75) is 19.4 Å². The number of hydrogen-bond donors (Lipinski definition) is 2. The fraction of sp³-hybridized carbons (Fsp3) is 0.462. The van der Waals surface area contributed by atoms with Crippen LogP contribution in [0.5, 0.6) is 0 Å². The van der Waals surface area contributed by atoms with Gasteiger partial charge in [0.05, 0.1) is 24.6 Å². The van der Waals surface area contributed by atoms with Gasteiger partial charge >= 0.3 is 5.97 Å². The van der Waals surface area contributed by atoms with E-state index in [0.717, 1.165) is 13.0 Å². The van der Waals surface area contributed by atoms with Crippen LogP contribution in [0.3, 0.4) is 0 Å². The first kappa shape index (κ1) is 14.1. The quantitative estimate of drug-likeness (QED) is 0.765. The number of hydrogen-bond acceptors (Lipinski definition) is 6. The lowest BCUT2D eigenvalue weighted by Gasteiger charge is -2.18. The van der Waals surface area contributed by atoms with Gasteiger partial charge in [0.2, 0.25) is 5.91 Å². The summed E-state index contributed by atoms with van der Waals surface area (Å²) in [6.45, 7) is 2.93. The maximum absolute atomic E-state index is 11.6. The summed E-state index contributed by atoms with van der Waals surface area (Å²) in [5.41, 5.74) is 6.31. The summed E-state index contributed by atoms with van der Waals surface area (Å²) in [6.07, 6.45) is 2.30. The molecule has 7 heteroatoms. The molecule has 0 spiro atoms. The summed E-state index contributed by atoms with van der Waals surface area (Å²) in [5, 5.41) is 2.88. The third-order valence-electron chi connectivity index (χ3n) is 3.25. The predicted octanol–water partition coefficient (Wildman–Crippen LogP) is 0.165. The highest BCUT2D eigenvalue weighted by molar-refractivity contribution is 5.95. The van der Waals surface area contributed by atoms with Crippen LogP contribution in [0.15, 0.2) is 12.3 Å². The number of pyridine rings is 1. The van der Waals surface area contributed by atoms with Crippen molar-refractivity contribution in [2.75, 3.05) is 30.8 Å². The SMILES string of the molecule is COC(=O)c1cc(N2CCC(NC(C)=O)C2)ncc1N. The standard InChI is InChI=1S/C13H18N4O3/c1-8(18)16-9-3-4-17(7-9)12-5-10(13(19)20-2)11(14)6-15-12/h5-6,9H,3-4,7,14H2,1-2H3,(H,16,18). The zero-order valence-electron chi connectivity index (χ0n) is 11.5. The molecule has 3 N–H and O–H groups in total. The lowest BCUT2D eigenvalue weighted by Crippen LogP contribution is -2.35. The summed E-state index contributed by atoms with van der Waals surface area (Å²) in [6, 6.07) is 1.73. The molecule has 108 valence electrons. The molecular formula is C13H18N4O3. The Kier molecular flexibility index (Phi) is 4.07. The number of anilines is 2. The van der Waals surface area contributed by atoms with E-state index < -0.39 is 5.97 Å². The first-order valence-corrected chi connectivity index (χ1v) is 6.37. The van der Waals surface area contributed by atoms with E-state index in [4.69, 9.17) is 5.73 Å². The van der Waals surface area contributed by atoms with Crippen molar-refractivity contribution >= 4 is 23.4 Å². The molecule has 1 aromatic heterocycles. The number of amides is 1. The average molecular weight is 278 g/mol. The minimum absolute atomic E-state index is 0.0441. The molecule has 0 bridgehead atoms. The van der Waals surface area contributed by atoms with Crippen LogP contribution in [-0.2, 0) is 9.53 Å². The van der Waals surface area contributed by atoms with Gasteiger partial charge in [-0.3, -0.25) is 4.79 Å². The van der Waals surface area contributed by atoms with Gasteiger partial charge in [-0.1, -0.05) is 0 Å². The highest BCUT2D eigenvalue weighted by Gasteiger charge is 2.25. The zero-order valence-corrected chi connectivity index (χ0v) is 11.5. The molecular weight excluding hydrogens is 260 g/mol. The summed E-state index contributed by atoms with van der Waals surface area (Å²) in [4.78, 5) is 28.9. The van der Waals surface area contributed by atoms with Gasteiger partial charge in [-0.05, 0) is 12.5 Å². The fourth-order valence-corrected chi connectivity index (χ4v) is 2.29. The highest BCUT2D eigenvalue weighted by Crippen LogP contribution is 2.22. The Balaban J connectivity index is 2.14. The maximum Gasteiger partial charge on any atom is 0.340 e. The molecule has 2 rings (SSSR count). The number of rotatable bonds is 3. The number of nitrogens with two attached hydrogens (primary N) is 1. The second kappa shape index (κ2) is 5.77. The monoisotopic (exact) mass is 278 g/mol. The molecule has 0 aliphatic carbocycles. The Bertz CT molecular complexity index is 532. The van der Waals surface area contributed by atoms with Gasteiger partial charge in [0.25, 0.3) is 0 Å². The number of esters is 1. The predicted molar refractivity (Wildman–Crippen MR) is 74.4 cm³/mol. The van der Waals surface area contributed by atoms with Crippen LogP contribution in [0.4, 0.5) is 11.5 Å². The van der Waals surface area contributed by atoms with E-state index in [1.165, 1.54) is 20.2 Å². The fourth-order valence-electron chi connectivity index (χ4n) is 2.29. The van der Waals surface area contributed by atoms with E-state index in [1.807, 2.05) is 4.90 Å². The molecule has 0 radical (unpaired) electrons. The van der Waals surface area contributed by atoms with Crippen molar-refractivity contribution in [3.63, 3.8) is 0 Å². The van der Waals surface area contributed by atoms with Gasteiger partial charge in [0, 0.05) is 26.1 Å². The molecule has 1 amide bonds. The number of nitrogen functional groups attached to an aromatic ring is 1. The Morgan fingerprint density at radius 3 is 2.95 bits per heavy atom. The Labute approximate surface area is 117 Å². The van der Waals surface area contributed by atoms with Gasteiger partial charge in [0.1, 0.15) is 5.82 Å². The largest absolute Gasteiger partial charge is 0.465 e. The zero-order chi connectivity index (χ0) is 14.7. The number of nitrogens with zero attached hydrogens (tertiary/aromatic N) is 2. The minimum atomic E-state index is -0.483. The van der Waals surface area contributed by atoms with E-state index >= 15 is 0 Å². The number of carbonyl (C=O) groups is 2. The molecule has 1 aromatic rings. The number of nitrogens with one attached hydrogen (secondary N) is 1. The van der Waals surface area contributed by atoms with Crippen LogP contribution in [0.25, 0.3) is 0 Å². The molecule has 1 unspecified atom stereocenters. The van der Waals surface area contributed by atoms with Gasteiger partial charge < -0.3 is 20.7 Å². The minimum Gasteiger partial charge on any atom is -0.465 e. The molecule has 0 saturated carbocycles. The van der Waals surface area contributed by atoms with Gasteiger partial charge in [-0.15, -0.1) is 0 Å². The maximum atomic E-state index is 11.6. The van der Waals surface area contributed by atoms with Crippen LogP contribution >= 0.6 is 0 Å². The topological polar surface area (TPSA) is 97.5 Å². The number of ether oxygens (including phenoxy) is 1.